The van der Waals surface area contributed by atoms with Crippen molar-refractivity contribution in [3.8, 4) is 11.5 Å². The standard InChI is InChI=1S/C20H25NO3/c1-12-16(6-7-17(12)22)21-15-5-8-18(23-2)20(11-15)24-19-10-13-3-4-14(19)9-13/h5,8,11-14,19H,3-4,6-7,9-10H2,1-2H3/t12?,13-,14+,19+/m1/s1. The zero-order valence-corrected chi connectivity index (χ0v) is 14.5. The second kappa shape index (κ2) is 6.23. The lowest BCUT2D eigenvalue weighted by Crippen LogP contribution is -2.23. The molecule has 4 atom stereocenters. The van der Waals surface area contributed by atoms with Crippen molar-refractivity contribution in [2.75, 3.05) is 7.11 Å². The van der Waals surface area contributed by atoms with Crippen LogP contribution >= 0.6 is 0 Å². The molecule has 1 aromatic carbocycles. The molecule has 1 unspecified atom stereocenters. The van der Waals surface area contributed by atoms with Crippen LogP contribution in [0.5, 0.6) is 11.5 Å². The Labute approximate surface area is 143 Å². The van der Waals surface area contributed by atoms with E-state index in [0.29, 0.717) is 24.2 Å². The molecule has 3 aliphatic rings. The molecule has 4 nitrogen and oxygen atoms in total. The third kappa shape index (κ3) is 2.83. The molecule has 3 aliphatic carbocycles. The van der Waals surface area contributed by atoms with Crippen LogP contribution in [0, 0.1) is 17.8 Å². The fourth-order valence-electron chi connectivity index (χ4n) is 4.51. The SMILES string of the molecule is COc1ccc(N=C2CCC(=O)C2C)cc1O[C@H]1C[C@@H]2CC[C@H]1C2. The number of ether oxygens (including phenoxy) is 2. The van der Waals surface area contributed by atoms with Crippen molar-refractivity contribution in [3.63, 3.8) is 0 Å². The minimum Gasteiger partial charge on any atom is -0.493 e. The van der Waals surface area contributed by atoms with E-state index in [1.165, 1.54) is 19.3 Å². The predicted octanol–water partition coefficient (Wildman–Crippen LogP) is 4.33. The fourth-order valence-corrected chi connectivity index (χ4v) is 4.51. The third-order valence-electron chi connectivity index (χ3n) is 5.98. The van der Waals surface area contributed by atoms with Gasteiger partial charge in [-0.3, -0.25) is 9.79 Å². The maximum atomic E-state index is 11.7. The van der Waals surface area contributed by atoms with Crippen molar-refractivity contribution in [2.24, 2.45) is 22.7 Å². The average molecular weight is 327 g/mol. The van der Waals surface area contributed by atoms with Gasteiger partial charge in [-0.25, -0.2) is 0 Å². The van der Waals surface area contributed by atoms with Crippen molar-refractivity contribution in [3.05, 3.63) is 18.2 Å². The molecule has 3 saturated carbocycles. The molecule has 0 saturated heterocycles. The quantitative estimate of drug-likeness (QED) is 0.827. The van der Waals surface area contributed by atoms with E-state index >= 15 is 0 Å². The van der Waals surface area contributed by atoms with Gasteiger partial charge < -0.3 is 9.47 Å². The first-order valence-electron chi connectivity index (χ1n) is 9.09. The van der Waals surface area contributed by atoms with E-state index in [2.05, 4.69) is 0 Å². The van der Waals surface area contributed by atoms with E-state index in [-0.39, 0.29) is 5.92 Å². The Bertz CT molecular complexity index is 681. The van der Waals surface area contributed by atoms with Gasteiger partial charge in [-0.2, -0.15) is 0 Å². The number of aliphatic imine (C=N–C) groups is 1. The van der Waals surface area contributed by atoms with Crippen LogP contribution in [0.2, 0.25) is 0 Å². The number of fused-ring (bicyclic) bond motifs is 2. The summed E-state index contributed by atoms with van der Waals surface area (Å²) in [6.07, 6.45) is 6.83. The summed E-state index contributed by atoms with van der Waals surface area (Å²) in [5, 5.41) is 0. The third-order valence-corrected chi connectivity index (χ3v) is 5.98. The van der Waals surface area contributed by atoms with Crippen LogP contribution in [0.25, 0.3) is 0 Å². The zero-order chi connectivity index (χ0) is 16.7. The van der Waals surface area contributed by atoms with Gasteiger partial charge in [-0.1, -0.05) is 6.92 Å². The van der Waals surface area contributed by atoms with Crippen LogP contribution < -0.4 is 9.47 Å². The van der Waals surface area contributed by atoms with Gasteiger partial charge in [0.1, 0.15) is 11.9 Å². The van der Waals surface area contributed by atoms with Crippen LogP contribution in [-0.2, 0) is 4.79 Å². The maximum Gasteiger partial charge on any atom is 0.163 e. The second-order valence-electron chi connectivity index (χ2n) is 7.46. The van der Waals surface area contributed by atoms with Crippen molar-refractivity contribution in [1.29, 1.82) is 0 Å². The number of rotatable bonds is 4. The van der Waals surface area contributed by atoms with Crippen LogP contribution in [0.15, 0.2) is 23.2 Å². The van der Waals surface area contributed by atoms with Crippen molar-refractivity contribution in [1.82, 2.24) is 0 Å². The molecule has 0 aliphatic heterocycles. The first-order chi connectivity index (χ1) is 11.6. The molecule has 4 rings (SSSR count). The van der Waals surface area contributed by atoms with Gasteiger partial charge >= 0.3 is 0 Å². The first-order valence-corrected chi connectivity index (χ1v) is 9.09. The summed E-state index contributed by atoms with van der Waals surface area (Å²) >= 11 is 0. The average Bonchev–Trinajstić information content (AvgIpc) is 3.28. The van der Waals surface area contributed by atoms with Crippen molar-refractivity contribution < 1.29 is 14.3 Å². The number of Topliss-reactive ketones (excluding diaryl/α,β-unsaturated/α-hetero) is 1. The molecule has 0 aromatic heterocycles. The topological polar surface area (TPSA) is 47.9 Å². The molecule has 2 bridgehead atoms. The van der Waals surface area contributed by atoms with E-state index in [4.69, 9.17) is 14.5 Å². The normalized spacial score (nSPS) is 33.4. The van der Waals surface area contributed by atoms with E-state index in [9.17, 15) is 4.79 Å². The largest absolute Gasteiger partial charge is 0.493 e. The molecule has 0 spiro atoms. The lowest BCUT2D eigenvalue weighted by atomic mass is 9.98. The summed E-state index contributed by atoms with van der Waals surface area (Å²) in [6.45, 7) is 1.95. The van der Waals surface area contributed by atoms with Crippen LogP contribution in [0.4, 0.5) is 5.69 Å². The molecular formula is C20H25NO3. The molecular weight excluding hydrogens is 302 g/mol. The van der Waals surface area contributed by atoms with Crippen LogP contribution in [0.3, 0.4) is 0 Å². The lowest BCUT2D eigenvalue weighted by molar-refractivity contribution is -0.119. The van der Waals surface area contributed by atoms with Gasteiger partial charge in [-0.05, 0) is 56.1 Å². The van der Waals surface area contributed by atoms with E-state index in [0.717, 1.165) is 41.7 Å². The molecule has 128 valence electrons. The number of carbonyl (C=O) groups is 1. The number of methoxy groups -OCH3 is 1. The van der Waals surface area contributed by atoms with Gasteiger partial charge in [0.2, 0.25) is 0 Å². The summed E-state index contributed by atoms with van der Waals surface area (Å²) in [5.41, 5.74) is 1.83. The highest BCUT2D eigenvalue weighted by atomic mass is 16.5. The molecule has 3 fully saturated rings. The summed E-state index contributed by atoms with van der Waals surface area (Å²) in [5.74, 6) is 3.33. The fraction of sp³-hybridized carbons (Fsp3) is 0.600. The van der Waals surface area contributed by atoms with E-state index < -0.39 is 0 Å². The molecule has 0 radical (unpaired) electrons. The summed E-state index contributed by atoms with van der Waals surface area (Å²) in [7, 11) is 1.67. The summed E-state index contributed by atoms with van der Waals surface area (Å²) in [4.78, 5) is 16.4. The number of hydrogen-bond acceptors (Lipinski definition) is 4. The Kier molecular flexibility index (Phi) is 4.07. The zero-order valence-electron chi connectivity index (χ0n) is 14.5. The molecule has 1 aromatic rings. The maximum absolute atomic E-state index is 11.7. The van der Waals surface area contributed by atoms with Gasteiger partial charge in [0.15, 0.2) is 11.5 Å². The number of ketones is 1. The van der Waals surface area contributed by atoms with Gasteiger partial charge in [0.25, 0.3) is 0 Å². The Morgan fingerprint density at radius 3 is 2.62 bits per heavy atom. The highest BCUT2D eigenvalue weighted by molar-refractivity contribution is 6.11. The Morgan fingerprint density at radius 2 is 2.00 bits per heavy atom. The van der Waals surface area contributed by atoms with Crippen molar-refractivity contribution >= 4 is 17.2 Å². The Hall–Kier alpha value is -1.84. The second-order valence-corrected chi connectivity index (χ2v) is 7.46. The first kappa shape index (κ1) is 15.7. The smallest absolute Gasteiger partial charge is 0.163 e. The molecule has 0 N–H and O–H groups in total. The van der Waals surface area contributed by atoms with Crippen LogP contribution in [0.1, 0.15) is 45.4 Å². The molecule has 0 heterocycles. The van der Waals surface area contributed by atoms with Gasteiger partial charge in [-0.15, -0.1) is 0 Å². The number of hydrogen-bond donors (Lipinski definition) is 0. The number of carbonyl (C=O) groups excluding carboxylic acids is 1. The Morgan fingerprint density at radius 1 is 1.12 bits per heavy atom. The van der Waals surface area contributed by atoms with E-state index in [1.54, 1.807) is 7.11 Å². The summed E-state index contributed by atoms with van der Waals surface area (Å²) < 4.78 is 11.8. The van der Waals surface area contributed by atoms with Gasteiger partial charge in [0, 0.05) is 18.2 Å². The Balaban J connectivity index is 1.57. The lowest BCUT2D eigenvalue weighted by Gasteiger charge is -2.24. The van der Waals surface area contributed by atoms with Gasteiger partial charge in [0.05, 0.1) is 18.7 Å². The predicted molar refractivity (Wildman–Crippen MR) is 93.4 cm³/mol. The van der Waals surface area contributed by atoms with Crippen molar-refractivity contribution in [2.45, 2.75) is 51.6 Å². The monoisotopic (exact) mass is 327 g/mol. The number of nitrogens with zero attached hydrogens (tertiary/aromatic N) is 1. The highest BCUT2D eigenvalue weighted by Gasteiger charge is 2.41. The summed E-state index contributed by atoms with van der Waals surface area (Å²) in [6, 6.07) is 5.83. The van der Waals surface area contributed by atoms with E-state index in [1.807, 2.05) is 25.1 Å². The minimum absolute atomic E-state index is 0.0537. The van der Waals surface area contributed by atoms with Crippen LogP contribution in [-0.4, -0.2) is 24.7 Å². The molecule has 24 heavy (non-hydrogen) atoms. The highest BCUT2D eigenvalue weighted by Crippen LogP contribution is 2.47. The number of benzene rings is 1. The molecule has 4 heteroatoms. The minimum atomic E-state index is -0.0537. The molecule has 0 amide bonds.